The zero-order valence-corrected chi connectivity index (χ0v) is 21.7. The second-order valence-corrected chi connectivity index (χ2v) is 9.12. The van der Waals surface area contributed by atoms with Crippen molar-refractivity contribution in [2.75, 3.05) is 47.2 Å². The number of anilines is 4. The second-order valence-electron chi connectivity index (χ2n) is 9.12. The highest BCUT2D eigenvalue weighted by Crippen LogP contribution is 2.23. The van der Waals surface area contributed by atoms with Crippen molar-refractivity contribution in [1.29, 1.82) is 0 Å². The summed E-state index contributed by atoms with van der Waals surface area (Å²) in [7, 11) is 0. The number of morpholine rings is 1. The molecule has 12 heteroatoms. The molecule has 204 valence electrons. The number of nitrogens with one attached hydrogen (secondary N) is 3. The van der Waals surface area contributed by atoms with Crippen molar-refractivity contribution in [3.05, 3.63) is 100 Å². The molecule has 3 amide bonds. The van der Waals surface area contributed by atoms with E-state index in [1.807, 2.05) is 24.3 Å². The summed E-state index contributed by atoms with van der Waals surface area (Å²) in [5, 5.41) is 23.7. The fourth-order valence-corrected chi connectivity index (χ4v) is 4.33. The number of amides is 3. The molecule has 0 bridgehead atoms. The highest BCUT2D eigenvalue weighted by molar-refractivity contribution is 6.04. The number of urea groups is 1. The lowest BCUT2D eigenvalue weighted by atomic mass is 10.1. The zero-order chi connectivity index (χ0) is 28.1. The highest BCUT2D eigenvalue weighted by atomic mass is 16.6. The van der Waals surface area contributed by atoms with Crippen molar-refractivity contribution in [3.63, 3.8) is 0 Å². The molecule has 0 saturated carbocycles. The van der Waals surface area contributed by atoms with Gasteiger partial charge in [-0.1, -0.05) is 12.1 Å². The molecule has 2 heterocycles. The Morgan fingerprint density at radius 2 is 1.65 bits per heavy atom. The summed E-state index contributed by atoms with van der Waals surface area (Å²) in [6, 6.07) is 19.9. The average molecular weight is 542 g/mol. The van der Waals surface area contributed by atoms with Crippen molar-refractivity contribution < 1.29 is 19.2 Å². The van der Waals surface area contributed by atoms with Crippen LogP contribution in [0.3, 0.4) is 0 Å². The summed E-state index contributed by atoms with van der Waals surface area (Å²) in [5.41, 5.74) is 3.38. The molecule has 0 spiro atoms. The van der Waals surface area contributed by atoms with Gasteiger partial charge in [-0.05, 0) is 55.5 Å². The van der Waals surface area contributed by atoms with Crippen molar-refractivity contribution in [1.82, 2.24) is 9.78 Å². The van der Waals surface area contributed by atoms with E-state index in [4.69, 9.17) is 4.74 Å². The van der Waals surface area contributed by atoms with Gasteiger partial charge in [0.1, 0.15) is 5.82 Å². The third-order valence-electron chi connectivity index (χ3n) is 6.40. The molecular weight excluding hydrogens is 514 g/mol. The Kier molecular flexibility index (Phi) is 7.69. The van der Waals surface area contributed by atoms with Crippen LogP contribution in [-0.2, 0) is 4.74 Å². The van der Waals surface area contributed by atoms with E-state index < -0.39 is 11.0 Å². The van der Waals surface area contributed by atoms with Gasteiger partial charge in [0.05, 0.1) is 30.0 Å². The van der Waals surface area contributed by atoms with E-state index >= 15 is 0 Å². The molecule has 3 N–H and O–H groups in total. The molecule has 5 rings (SSSR count). The average Bonchev–Trinajstić information content (AvgIpc) is 3.43. The summed E-state index contributed by atoms with van der Waals surface area (Å²) in [6.45, 7) is 4.68. The Morgan fingerprint density at radius 3 is 2.40 bits per heavy atom. The van der Waals surface area contributed by atoms with Crippen LogP contribution in [0.5, 0.6) is 0 Å². The third-order valence-corrected chi connectivity index (χ3v) is 6.40. The predicted octanol–water partition coefficient (Wildman–Crippen LogP) is 4.82. The van der Waals surface area contributed by atoms with Crippen molar-refractivity contribution in [3.8, 4) is 5.69 Å². The number of carbonyl (C=O) groups excluding carboxylic acids is 2. The van der Waals surface area contributed by atoms with Crippen LogP contribution in [0.1, 0.15) is 15.9 Å². The minimum absolute atomic E-state index is 0.0917. The number of nitrogens with zero attached hydrogens (tertiary/aromatic N) is 4. The molecule has 4 aromatic rings. The number of aromatic nitrogens is 2. The van der Waals surface area contributed by atoms with Crippen LogP contribution in [0.4, 0.5) is 33.4 Å². The van der Waals surface area contributed by atoms with Crippen molar-refractivity contribution in [2.24, 2.45) is 0 Å². The van der Waals surface area contributed by atoms with Gasteiger partial charge in [0, 0.05) is 53.4 Å². The first-order valence-electron chi connectivity index (χ1n) is 12.6. The van der Waals surface area contributed by atoms with Gasteiger partial charge in [-0.15, -0.1) is 0 Å². The summed E-state index contributed by atoms with van der Waals surface area (Å²) in [5.74, 6) is 0.0525. The minimum atomic E-state index is -0.602. The van der Waals surface area contributed by atoms with E-state index in [0.29, 0.717) is 41.5 Å². The summed E-state index contributed by atoms with van der Waals surface area (Å²) < 4.78 is 6.88. The van der Waals surface area contributed by atoms with Crippen molar-refractivity contribution in [2.45, 2.75) is 6.92 Å². The molecule has 1 aliphatic heterocycles. The maximum absolute atomic E-state index is 13.0. The highest BCUT2D eigenvalue weighted by Gasteiger charge is 2.15. The molecule has 0 aliphatic carbocycles. The lowest BCUT2D eigenvalue weighted by Gasteiger charge is -2.28. The first-order valence-corrected chi connectivity index (χ1v) is 12.6. The number of hydrogen-bond donors (Lipinski definition) is 3. The van der Waals surface area contributed by atoms with Crippen LogP contribution < -0.4 is 20.9 Å². The van der Waals surface area contributed by atoms with Gasteiger partial charge in [-0.25, -0.2) is 9.48 Å². The van der Waals surface area contributed by atoms with Crippen molar-refractivity contribution >= 4 is 40.5 Å². The van der Waals surface area contributed by atoms with Gasteiger partial charge >= 0.3 is 6.03 Å². The number of benzene rings is 3. The van der Waals surface area contributed by atoms with E-state index in [1.165, 1.54) is 16.9 Å². The summed E-state index contributed by atoms with van der Waals surface area (Å²) >= 11 is 0. The smallest absolute Gasteiger partial charge is 0.324 e. The van der Waals surface area contributed by atoms with E-state index in [2.05, 4.69) is 25.9 Å². The largest absolute Gasteiger partial charge is 0.378 e. The Balaban J connectivity index is 1.25. The Morgan fingerprint density at radius 1 is 0.900 bits per heavy atom. The molecule has 0 atom stereocenters. The number of nitro benzene ring substituents is 1. The topological polar surface area (TPSA) is 144 Å². The van der Waals surface area contributed by atoms with Gasteiger partial charge < -0.3 is 20.3 Å². The maximum Gasteiger partial charge on any atom is 0.324 e. The molecule has 1 fully saturated rings. The van der Waals surface area contributed by atoms with E-state index in [9.17, 15) is 19.7 Å². The standard InChI is InChI=1S/C28H27N7O5/c1-19-5-6-22(18-25(19)35(38)39)31-28(37)32-26-11-12-29-34(26)24-4-2-3-20(17-24)27(36)30-21-7-9-23(10-8-21)33-13-15-40-16-14-33/h2-12,17-18H,13-16H2,1H3,(H,30,36)(H2,31,32,37). The Hall–Kier alpha value is -5.23. The van der Waals surface area contributed by atoms with Gasteiger partial charge in [0.25, 0.3) is 11.6 Å². The van der Waals surface area contributed by atoms with Crippen LogP contribution >= 0.6 is 0 Å². The summed E-state index contributed by atoms with van der Waals surface area (Å²) in [6.07, 6.45) is 1.51. The van der Waals surface area contributed by atoms with Gasteiger partial charge in [-0.2, -0.15) is 5.10 Å². The normalized spacial score (nSPS) is 13.0. The van der Waals surface area contributed by atoms with Crippen LogP contribution in [0, 0.1) is 17.0 Å². The lowest BCUT2D eigenvalue weighted by Crippen LogP contribution is -2.36. The Bertz CT molecular complexity index is 1540. The van der Waals surface area contributed by atoms with Gasteiger partial charge in [0.2, 0.25) is 0 Å². The first kappa shape index (κ1) is 26.4. The lowest BCUT2D eigenvalue weighted by molar-refractivity contribution is -0.385. The number of carbonyl (C=O) groups is 2. The molecular formula is C28H27N7O5. The van der Waals surface area contributed by atoms with E-state index in [0.717, 1.165) is 18.8 Å². The molecule has 12 nitrogen and oxygen atoms in total. The second kappa shape index (κ2) is 11.7. The number of ether oxygens (including phenoxy) is 1. The number of nitro groups is 1. The Labute approximate surface area is 229 Å². The maximum atomic E-state index is 13.0. The number of aryl methyl sites for hydroxylation is 1. The number of rotatable bonds is 7. The van der Waals surface area contributed by atoms with Gasteiger partial charge in [-0.3, -0.25) is 20.2 Å². The molecule has 0 radical (unpaired) electrons. The molecule has 1 aromatic heterocycles. The summed E-state index contributed by atoms with van der Waals surface area (Å²) in [4.78, 5) is 38.6. The van der Waals surface area contributed by atoms with Crippen LogP contribution in [-0.4, -0.2) is 52.9 Å². The molecule has 40 heavy (non-hydrogen) atoms. The molecule has 1 saturated heterocycles. The zero-order valence-electron chi connectivity index (χ0n) is 21.7. The fraction of sp³-hybridized carbons (Fsp3) is 0.179. The van der Waals surface area contributed by atoms with E-state index in [1.54, 1.807) is 49.4 Å². The van der Waals surface area contributed by atoms with Crippen LogP contribution in [0.2, 0.25) is 0 Å². The molecule has 3 aromatic carbocycles. The molecule has 0 unspecified atom stereocenters. The third kappa shape index (κ3) is 6.08. The van der Waals surface area contributed by atoms with Gasteiger partial charge in [0.15, 0.2) is 0 Å². The molecule has 1 aliphatic rings. The van der Waals surface area contributed by atoms with Crippen LogP contribution in [0.25, 0.3) is 5.69 Å². The SMILES string of the molecule is Cc1ccc(NC(=O)Nc2ccnn2-c2cccc(C(=O)Nc3ccc(N4CCOCC4)cc3)c2)cc1[N+](=O)[O-]. The quantitative estimate of drug-likeness (QED) is 0.225. The fourth-order valence-electron chi connectivity index (χ4n) is 4.33. The minimum Gasteiger partial charge on any atom is -0.378 e. The number of hydrogen-bond acceptors (Lipinski definition) is 7. The van der Waals surface area contributed by atoms with E-state index in [-0.39, 0.29) is 17.3 Å². The predicted molar refractivity (Wildman–Crippen MR) is 151 cm³/mol. The monoisotopic (exact) mass is 541 g/mol. The first-order chi connectivity index (χ1) is 19.4. The van der Waals surface area contributed by atoms with Crippen LogP contribution in [0.15, 0.2) is 79.0 Å².